The third-order valence-electron chi connectivity index (χ3n) is 6.87. The second kappa shape index (κ2) is 9.10. The Kier molecular flexibility index (Phi) is 5.86. The van der Waals surface area contributed by atoms with Crippen LogP contribution in [0.5, 0.6) is 0 Å². The van der Waals surface area contributed by atoms with E-state index in [2.05, 4.69) is 30.3 Å². The summed E-state index contributed by atoms with van der Waals surface area (Å²) in [4.78, 5) is 25.6. The summed E-state index contributed by atoms with van der Waals surface area (Å²) >= 11 is 0. The smallest absolute Gasteiger partial charge is 0.409 e. The highest BCUT2D eigenvalue weighted by Gasteiger charge is 2.30. The summed E-state index contributed by atoms with van der Waals surface area (Å²) in [6, 6.07) is 24.5. The average molecular weight is 442 g/mol. The first kappa shape index (κ1) is 21.3. The Balaban J connectivity index is 1.19. The Hall–Kier alpha value is -3.60. The molecule has 1 fully saturated rings. The van der Waals surface area contributed by atoms with Crippen molar-refractivity contribution in [3.63, 3.8) is 0 Å². The van der Waals surface area contributed by atoms with E-state index in [4.69, 9.17) is 9.84 Å². The van der Waals surface area contributed by atoms with Crippen LogP contribution in [0.15, 0.2) is 72.8 Å². The molecule has 5 rings (SSSR count). The van der Waals surface area contributed by atoms with Gasteiger partial charge in [0.1, 0.15) is 6.61 Å². The number of hydrogen-bond donors (Lipinski definition) is 1. The number of rotatable bonds is 5. The van der Waals surface area contributed by atoms with Crippen LogP contribution in [0.3, 0.4) is 0 Å². The lowest BCUT2D eigenvalue weighted by Crippen LogP contribution is -2.38. The SMILES string of the molecule is O=C(O)Cc1cccc(C2CCN(C(=O)OCC3c4ccccc4-c4ccccc43)CC2)c1. The highest BCUT2D eigenvalue weighted by molar-refractivity contribution is 5.79. The number of hydrogen-bond acceptors (Lipinski definition) is 3. The van der Waals surface area contributed by atoms with Gasteiger partial charge < -0.3 is 14.7 Å². The lowest BCUT2D eigenvalue weighted by Gasteiger charge is -2.32. The van der Waals surface area contributed by atoms with Crippen molar-refractivity contribution in [2.75, 3.05) is 19.7 Å². The molecule has 0 atom stereocenters. The highest BCUT2D eigenvalue weighted by atomic mass is 16.6. The quantitative estimate of drug-likeness (QED) is 0.572. The maximum atomic E-state index is 12.8. The molecule has 1 N–H and O–H groups in total. The van der Waals surface area contributed by atoms with E-state index >= 15 is 0 Å². The van der Waals surface area contributed by atoms with E-state index < -0.39 is 5.97 Å². The van der Waals surface area contributed by atoms with Crippen LogP contribution in [-0.2, 0) is 16.0 Å². The van der Waals surface area contributed by atoms with Crippen LogP contribution >= 0.6 is 0 Å². The third kappa shape index (κ3) is 4.36. The van der Waals surface area contributed by atoms with Crippen LogP contribution in [0.1, 0.15) is 46.9 Å². The van der Waals surface area contributed by atoms with E-state index in [-0.39, 0.29) is 18.4 Å². The molecule has 33 heavy (non-hydrogen) atoms. The normalized spacial score (nSPS) is 15.7. The van der Waals surface area contributed by atoms with Crippen molar-refractivity contribution < 1.29 is 19.4 Å². The molecule has 1 heterocycles. The first-order valence-electron chi connectivity index (χ1n) is 11.5. The number of carbonyl (C=O) groups excluding carboxylic acids is 1. The molecule has 0 saturated carbocycles. The van der Waals surface area contributed by atoms with Gasteiger partial charge in [-0.3, -0.25) is 4.79 Å². The number of carboxylic acids is 1. The number of aliphatic carboxylic acids is 1. The molecule has 1 saturated heterocycles. The number of fused-ring (bicyclic) bond motifs is 3. The number of nitrogens with zero attached hydrogens (tertiary/aromatic N) is 1. The van der Waals surface area contributed by atoms with Crippen LogP contribution in [0.4, 0.5) is 4.79 Å². The number of likely N-dealkylation sites (tertiary alicyclic amines) is 1. The zero-order valence-electron chi connectivity index (χ0n) is 18.4. The molecule has 0 spiro atoms. The number of amides is 1. The number of carboxylic acid groups (broad SMARTS) is 1. The van der Waals surface area contributed by atoms with E-state index in [1.54, 1.807) is 4.90 Å². The second-order valence-electron chi connectivity index (χ2n) is 8.88. The minimum Gasteiger partial charge on any atom is -0.481 e. The molecule has 1 aliphatic carbocycles. The Bertz CT molecular complexity index is 1130. The molecule has 1 amide bonds. The van der Waals surface area contributed by atoms with Crippen LogP contribution in [0.2, 0.25) is 0 Å². The topological polar surface area (TPSA) is 66.8 Å². The molecule has 0 unspecified atom stereocenters. The minimum atomic E-state index is -0.822. The van der Waals surface area contributed by atoms with Crippen molar-refractivity contribution in [1.82, 2.24) is 4.90 Å². The van der Waals surface area contributed by atoms with Gasteiger partial charge in [-0.2, -0.15) is 0 Å². The van der Waals surface area contributed by atoms with E-state index in [0.29, 0.717) is 25.6 Å². The molecule has 3 aromatic rings. The zero-order chi connectivity index (χ0) is 22.8. The lowest BCUT2D eigenvalue weighted by molar-refractivity contribution is -0.136. The van der Waals surface area contributed by atoms with Gasteiger partial charge in [-0.25, -0.2) is 4.79 Å². The fourth-order valence-electron chi connectivity index (χ4n) is 5.21. The second-order valence-corrected chi connectivity index (χ2v) is 8.88. The molecule has 5 nitrogen and oxygen atoms in total. The van der Waals surface area contributed by atoms with Gasteiger partial charge in [-0.15, -0.1) is 0 Å². The fourth-order valence-corrected chi connectivity index (χ4v) is 5.21. The summed E-state index contributed by atoms with van der Waals surface area (Å²) < 4.78 is 5.80. The van der Waals surface area contributed by atoms with Crippen LogP contribution in [0.25, 0.3) is 11.1 Å². The molecule has 0 aromatic heterocycles. The Morgan fingerprint density at radius 1 is 0.879 bits per heavy atom. The Morgan fingerprint density at radius 2 is 1.52 bits per heavy atom. The minimum absolute atomic E-state index is 0.0342. The van der Waals surface area contributed by atoms with Crippen LogP contribution in [0, 0.1) is 0 Å². The van der Waals surface area contributed by atoms with Gasteiger partial charge in [0.25, 0.3) is 0 Å². The van der Waals surface area contributed by atoms with Gasteiger partial charge in [0.2, 0.25) is 0 Å². The van der Waals surface area contributed by atoms with Gasteiger partial charge in [-0.05, 0) is 52.1 Å². The van der Waals surface area contributed by atoms with E-state index in [1.807, 2.05) is 42.5 Å². The van der Waals surface area contributed by atoms with Gasteiger partial charge in [0.15, 0.2) is 0 Å². The average Bonchev–Trinajstić information content (AvgIpc) is 3.16. The summed E-state index contributed by atoms with van der Waals surface area (Å²) in [5.41, 5.74) is 6.85. The molecule has 5 heteroatoms. The summed E-state index contributed by atoms with van der Waals surface area (Å²) in [6.07, 6.45) is 1.48. The predicted octanol–water partition coefficient (Wildman–Crippen LogP) is 5.44. The predicted molar refractivity (Wildman–Crippen MR) is 126 cm³/mol. The molecular formula is C28H27NO4. The fraction of sp³-hybridized carbons (Fsp3) is 0.286. The van der Waals surface area contributed by atoms with Crippen molar-refractivity contribution in [2.45, 2.75) is 31.1 Å². The molecule has 2 aliphatic rings. The first-order chi connectivity index (χ1) is 16.1. The Morgan fingerprint density at radius 3 is 2.15 bits per heavy atom. The zero-order valence-corrected chi connectivity index (χ0v) is 18.4. The molecule has 0 radical (unpaired) electrons. The van der Waals surface area contributed by atoms with Gasteiger partial charge >= 0.3 is 12.1 Å². The van der Waals surface area contributed by atoms with Crippen molar-refractivity contribution in [3.8, 4) is 11.1 Å². The largest absolute Gasteiger partial charge is 0.481 e. The molecule has 0 bridgehead atoms. The van der Waals surface area contributed by atoms with E-state index in [9.17, 15) is 9.59 Å². The van der Waals surface area contributed by atoms with Gasteiger partial charge in [0, 0.05) is 19.0 Å². The summed E-state index contributed by atoms with van der Waals surface area (Å²) in [5.74, 6) is -0.426. The summed E-state index contributed by atoms with van der Waals surface area (Å²) in [6.45, 7) is 1.62. The van der Waals surface area contributed by atoms with Crippen molar-refractivity contribution >= 4 is 12.1 Å². The monoisotopic (exact) mass is 441 g/mol. The maximum Gasteiger partial charge on any atom is 0.409 e. The summed E-state index contributed by atoms with van der Waals surface area (Å²) in [7, 11) is 0. The Labute approximate surface area is 193 Å². The van der Waals surface area contributed by atoms with Gasteiger partial charge in [0.05, 0.1) is 6.42 Å². The third-order valence-corrected chi connectivity index (χ3v) is 6.87. The van der Waals surface area contributed by atoms with Crippen molar-refractivity contribution in [1.29, 1.82) is 0 Å². The number of ether oxygens (including phenoxy) is 1. The van der Waals surface area contributed by atoms with E-state index in [1.165, 1.54) is 22.3 Å². The van der Waals surface area contributed by atoms with Gasteiger partial charge in [-0.1, -0.05) is 72.8 Å². The standard InChI is InChI=1S/C28H27NO4/c30-27(31)17-19-6-5-7-21(16-19)20-12-14-29(15-13-20)28(32)33-18-26-24-10-3-1-8-22(24)23-9-2-4-11-25(23)26/h1-11,16,20,26H,12-15,17-18H2,(H,30,31). The molecular weight excluding hydrogens is 414 g/mol. The first-order valence-corrected chi connectivity index (χ1v) is 11.5. The van der Waals surface area contributed by atoms with Crippen LogP contribution in [-0.4, -0.2) is 41.8 Å². The van der Waals surface area contributed by atoms with Crippen molar-refractivity contribution in [3.05, 3.63) is 95.1 Å². The van der Waals surface area contributed by atoms with E-state index in [0.717, 1.165) is 24.0 Å². The number of piperidine rings is 1. The lowest BCUT2D eigenvalue weighted by atomic mass is 9.88. The molecule has 1 aliphatic heterocycles. The van der Waals surface area contributed by atoms with Crippen molar-refractivity contribution in [2.24, 2.45) is 0 Å². The van der Waals surface area contributed by atoms with Crippen LogP contribution < -0.4 is 0 Å². The highest BCUT2D eigenvalue weighted by Crippen LogP contribution is 2.44. The molecule has 168 valence electrons. The number of carbonyl (C=O) groups is 2. The summed E-state index contributed by atoms with van der Waals surface area (Å²) in [5, 5.41) is 9.04. The molecule has 3 aromatic carbocycles. The number of benzene rings is 3. The maximum absolute atomic E-state index is 12.8.